The van der Waals surface area contributed by atoms with Crippen molar-refractivity contribution in [2.45, 2.75) is 20.3 Å². The van der Waals surface area contributed by atoms with Gasteiger partial charge in [-0.2, -0.15) is 5.10 Å². The molecule has 0 aromatic carbocycles. The second kappa shape index (κ2) is 4.86. The summed E-state index contributed by atoms with van der Waals surface area (Å²) in [5.74, 6) is 0.170. The van der Waals surface area contributed by atoms with E-state index in [4.69, 9.17) is 0 Å². The Morgan fingerprint density at radius 1 is 1.50 bits per heavy atom. The van der Waals surface area contributed by atoms with Gasteiger partial charge in [0.1, 0.15) is 0 Å². The van der Waals surface area contributed by atoms with E-state index in [0.717, 1.165) is 23.5 Å². The molecule has 2 aromatic rings. The van der Waals surface area contributed by atoms with Crippen molar-refractivity contribution in [3.63, 3.8) is 0 Å². The molecule has 1 N–H and O–H groups in total. The highest BCUT2D eigenvalue weighted by Crippen LogP contribution is 2.20. The lowest BCUT2D eigenvalue weighted by Crippen LogP contribution is -2.30. The maximum absolute atomic E-state index is 12.5. The van der Waals surface area contributed by atoms with Crippen LogP contribution in [0.4, 0.5) is 0 Å². The molecular formula is C14H18N4O2. The number of aliphatic hydroxyl groups is 1. The zero-order chi connectivity index (χ0) is 14.3. The van der Waals surface area contributed by atoms with Crippen molar-refractivity contribution in [1.29, 1.82) is 0 Å². The SMILES string of the molecule is Cc1cc2ncc(C(=O)N3CCC(CO)C3)c(C)n2n1. The lowest BCUT2D eigenvalue weighted by molar-refractivity contribution is 0.0780. The minimum Gasteiger partial charge on any atom is -0.396 e. The van der Waals surface area contributed by atoms with Gasteiger partial charge in [-0.15, -0.1) is 0 Å². The van der Waals surface area contributed by atoms with Crippen LogP contribution in [-0.2, 0) is 0 Å². The fourth-order valence-corrected chi connectivity index (χ4v) is 2.71. The van der Waals surface area contributed by atoms with Gasteiger partial charge in [-0.1, -0.05) is 0 Å². The fourth-order valence-electron chi connectivity index (χ4n) is 2.71. The average Bonchev–Trinajstić information content (AvgIpc) is 3.04. The first-order valence-electron chi connectivity index (χ1n) is 6.82. The van der Waals surface area contributed by atoms with Crippen molar-refractivity contribution in [1.82, 2.24) is 19.5 Å². The van der Waals surface area contributed by atoms with Gasteiger partial charge in [-0.3, -0.25) is 4.79 Å². The van der Waals surface area contributed by atoms with Gasteiger partial charge in [0.2, 0.25) is 0 Å². The number of hydrogen-bond acceptors (Lipinski definition) is 4. The number of likely N-dealkylation sites (tertiary alicyclic amines) is 1. The van der Waals surface area contributed by atoms with Gasteiger partial charge >= 0.3 is 0 Å². The molecule has 1 aliphatic rings. The van der Waals surface area contributed by atoms with E-state index < -0.39 is 0 Å². The van der Waals surface area contributed by atoms with Crippen molar-refractivity contribution in [2.24, 2.45) is 5.92 Å². The summed E-state index contributed by atoms with van der Waals surface area (Å²) >= 11 is 0. The van der Waals surface area contributed by atoms with Crippen LogP contribution in [0.25, 0.3) is 5.65 Å². The Kier molecular flexibility index (Phi) is 3.17. The Morgan fingerprint density at radius 3 is 3.00 bits per heavy atom. The highest BCUT2D eigenvalue weighted by atomic mass is 16.3. The Morgan fingerprint density at radius 2 is 2.30 bits per heavy atom. The van der Waals surface area contributed by atoms with Gasteiger partial charge in [0.05, 0.1) is 17.0 Å². The van der Waals surface area contributed by atoms with E-state index in [1.165, 1.54) is 0 Å². The third-order valence-electron chi connectivity index (χ3n) is 3.91. The largest absolute Gasteiger partial charge is 0.396 e. The monoisotopic (exact) mass is 274 g/mol. The normalized spacial score (nSPS) is 18.9. The number of fused-ring (bicyclic) bond motifs is 1. The van der Waals surface area contributed by atoms with Crippen molar-refractivity contribution in [2.75, 3.05) is 19.7 Å². The number of carbonyl (C=O) groups is 1. The van der Waals surface area contributed by atoms with Crippen molar-refractivity contribution in [3.05, 3.63) is 29.2 Å². The van der Waals surface area contributed by atoms with Crippen LogP contribution in [0.15, 0.2) is 12.3 Å². The summed E-state index contributed by atoms with van der Waals surface area (Å²) in [6, 6.07) is 1.89. The van der Waals surface area contributed by atoms with Crippen LogP contribution in [-0.4, -0.2) is 50.2 Å². The number of nitrogens with zero attached hydrogens (tertiary/aromatic N) is 4. The molecular weight excluding hydrogens is 256 g/mol. The van der Waals surface area contributed by atoms with Crippen LogP contribution < -0.4 is 0 Å². The molecule has 0 radical (unpaired) electrons. The molecule has 1 fully saturated rings. The maximum Gasteiger partial charge on any atom is 0.257 e. The van der Waals surface area contributed by atoms with Crippen molar-refractivity contribution < 1.29 is 9.90 Å². The molecule has 1 saturated heterocycles. The second-order valence-corrected chi connectivity index (χ2v) is 5.40. The molecule has 1 aliphatic heterocycles. The molecule has 6 nitrogen and oxygen atoms in total. The molecule has 0 bridgehead atoms. The van der Waals surface area contributed by atoms with Gasteiger partial charge in [-0.05, 0) is 20.3 Å². The molecule has 0 aliphatic carbocycles. The minimum absolute atomic E-state index is 0.0268. The van der Waals surface area contributed by atoms with Gasteiger partial charge in [0.25, 0.3) is 5.91 Å². The summed E-state index contributed by atoms with van der Waals surface area (Å²) in [6.45, 7) is 5.24. The number of aromatic nitrogens is 3. The summed E-state index contributed by atoms with van der Waals surface area (Å²) in [7, 11) is 0. The maximum atomic E-state index is 12.5. The number of amides is 1. The zero-order valence-corrected chi connectivity index (χ0v) is 11.7. The average molecular weight is 274 g/mol. The minimum atomic E-state index is -0.0268. The number of carbonyl (C=O) groups excluding carboxylic acids is 1. The quantitative estimate of drug-likeness (QED) is 0.879. The van der Waals surface area contributed by atoms with Crippen LogP contribution in [0, 0.1) is 19.8 Å². The predicted molar refractivity (Wildman–Crippen MR) is 73.6 cm³/mol. The number of aliphatic hydroxyl groups excluding tert-OH is 1. The van der Waals surface area contributed by atoms with Gasteiger partial charge < -0.3 is 10.0 Å². The van der Waals surface area contributed by atoms with Gasteiger partial charge in [0.15, 0.2) is 5.65 Å². The van der Waals surface area contributed by atoms with Crippen LogP contribution in [0.1, 0.15) is 28.2 Å². The zero-order valence-electron chi connectivity index (χ0n) is 11.7. The topological polar surface area (TPSA) is 70.7 Å². The molecule has 106 valence electrons. The summed E-state index contributed by atoms with van der Waals surface area (Å²) in [4.78, 5) is 18.6. The molecule has 1 unspecified atom stereocenters. The van der Waals surface area contributed by atoms with E-state index in [9.17, 15) is 9.90 Å². The van der Waals surface area contributed by atoms with Crippen LogP contribution in [0.2, 0.25) is 0 Å². The van der Waals surface area contributed by atoms with E-state index in [1.54, 1.807) is 15.6 Å². The van der Waals surface area contributed by atoms with Crippen molar-refractivity contribution >= 4 is 11.6 Å². The summed E-state index contributed by atoms with van der Waals surface area (Å²) in [5.41, 5.74) is 3.03. The molecule has 3 rings (SSSR count). The molecule has 0 spiro atoms. The van der Waals surface area contributed by atoms with E-state index in [2.05, 4.69) is 10.1 Å². The van der Waals surface area contributed by atoms with Crippen molar-refractivity contribution in [3.8, 4) is 0 Å². The molecule has 2 aromatic heterocycles. The molecule has 6 heteroatoms. The van der Waals surface area contributed by atoms with Gasteiger partial charge in [-0.25, -0.2) is 9.50 Å². The van der Waals surface area contributed by atoms with Crippen LogP contribution >= 0.6 is 0 Å². The predicted octanol–water partition coefficient (Wildman–Crippen LogP) is 0.801. The first-order chi connectivity index (χ1) is 9.60. The van der Waals surface area contributed by atoms with E-state index in [1.807, 2.05) is 19.9 Å². The highest BCUT2D eigenvalue weighted by molar-refractivity contribution is 5.95. The fraction of sp³-hybridized carbons (Fsp3) is 0.500. The third kappa shape index (κ3) is 2.06. The summed E-state index contributed by atoms with van der Waals surface area (Å²) in [5, 5.41) is 13.5. The number of hydrogen-bond donors (Lipinski definition) is 1. The molecule has 3 heterocycles. The number of aryl methyl sites for hydroxylation is 2. The molecule has 0 saturated carbocycles. The van der Waals surface area contributed by atoms with E-state index >= 15 is 0 Å². The Balaban J connectivity index is 1.94. The number of rotatable bonds is 2. The Labute approximate surface area is 117 Å². The van der Waals surface area contributed by atoms with Crippen LogP contribution in [0.5, 0.6) is 0 Å². The smallest absolute Gasteiger partial charge is 0.257 e. The highest BCUT2D eigenvalue weighted by Gasteiger charge is 2.28. The molecule has 20 heavy (non-hydrogen) atoms. The Bertz CT molecular complexity index is 664. The summed E-state index contributed by atoms with van der Waals surface area (Å²) < 4.78 is 1.71. The lowest BCUT2D eigenvalue weighted by Gasteiger charge is -2.17. The molecule has 1 atom stereocenters. The van der Waals surface area contributed by atoms with E-state index in [0.29, 0.717) is 18.7 Å². The van der Waals surface area contributed by atoms with Crippen LogP contribution in [0.3, 0.4) is 0 Å². The lowest BCUT2D eigenvalue weighted by atomic mass is 10.1. The second-order valence-electron chi connectivity index (χ2n) is 5.40. The first kappa shape index (κ1) is 13.1. The van der Waals surface area contributed by atoms with Gasteiger partial charge in [0, 0.05) is 37.9 Å². The summed E-state index contributed by atoms with van der Waals surface area (Å²) in [6.07, 6.45) is 2.48. The molecule has 1 amide bonds. The van der Waals surface area contributed by atoms with E-state index in [-0.39, 0.29) is 18.4 Å². The first-order valence-corrected chi connectivity index (χ1v) is 6.82. The third-order valence-corrected chi connectivity index (χ3v) is 3.91. The Hall–Kier alpha value is -1.95. The standard InChI is InChI=1S/C14H18N4O2/c1-9-5-13-15-6-12(10(2)18(13)16-9)14(20)17-4-3-11(7-17)8-19/h5-6,11,19H,3-4,7-8H2,1-2H3.